The van der Waals surface area contributed by atoms with Crippen LogP contribution in [-0.2, 0) is 6.18 Å². The zero-order chi connectivity index (χ0) is 12.5. The fourth-order valence-corrected chi connectivity index (χ4v) is 1.77. The second-order valence-corrected chi connectivity index (χ2v) is 4.33. The van der Waals surface area contributed by atoms with Gasteiger partial charge >= 0.3 is 6.18 Å². The van der Waals surface area contributed by atoms with Crippen molar-refractivity contribution in [3.63, 3.8) is 0 Å². The number of nitrogens with two attached hydrogens (primary N) is 1. The minimum atomic E-state index is -4.32. The molecular weight excluding hydrogens is 231 g/mol. The van der Waals surface area contributed by atoms with Crippen molar-refractivity contribution in [2.24, 2.45) is 17.6 Å². The smallest absolute Gasteiger partial charge is 0.416 e. The first-order valence-corrected chi connectivity index (χ1v) is 5.51. The molecule has 5 heteroatoms. The molecule has 2 nitrogen and oxygen atoms in total. The van der Waals surface area contributed by atoms with E-state index in [1.54, 1.807) is 0 Å². The number of halogens is 3. The summed E-state index contributed by atoms with van der Waals surface area (Å²) >= 11 is 0. The van der Waals surface area contributed by atoms with Crippen LogP contribution in [0.3, 0.4) is 0 Å². The maximum Gasteiger partial charge on any atom is 0.416 e. The van der Waals surface area contributed by atoms with Crippen LogP contribution >= 0.6 is 0 Å². The van der Waals surface area contributed by atoms with Gasteiger partial charge in [-0.05, 0) is 43.0 Å². The third kappa shape index (κ3) is 3.12. The summed E-state index contributed by atoms with van der Waals surface area (Å²) in [5.41, 5.74) is 4.79. The molecule has 0 bridgehead atoms. The first kappa shape index (κ1) is 12.2. The summed E-state index contributed by atoms with van der Waals surface area (Å²) in [6.07, 6.45) is -3.31. The molecular formula is C12H14F3NO. The SMILES string of the molecule is NCC1CC1COc1cccc(C(F)(F)F)c1. The van der Waals surface area contributed by atoms with E-state index in [9.17, 15) is 13.2 Å². The van der Waals surface area contributed by atoms with E-state index < -0.39 is 11.7 Å². The molecule has 94 valence electrons. The molecule has 1 aromatic rings. The Hall–Kier alpha value is -1.23. The molecule has 1 fully saturated rings. The van der Waals surface area contributed by atoms with Crippen LogP contribution in [0.4, 0.5) is 13.2 Å². The molecule has 1 aliphatic carbocycles. The molecule has 0 radical (unpaired) electrons. The Kier molecular flexibility index (Phi) is 3.28. The molecule has 2 unspecified atom stereocenters. The highest BCUT2D eigenvalue weighted by Crippen LogP contribution is 2.38. The van der Waals surface area contributed by atoms with Gasteiger partial charge in [0.25, 0.3) is 0 Å². The second kappa shape index (κ2) is 4.56. The highest BCUT2D eigenvalue weighted by atomic mass is 19.4. The molecule has 1 aliphatic rings. The third-order valence-electron chi connectivity index (χ3n) is 3.00. The van der Waals surface area contributed by atoms with Crippen molar-refractivity contribution in [1.29, 1.82) is 0 Å². The van der Waals surface area contributed by atoms with Crippen LogP contribution < -0.4 is 10.5 Å². The van der Waals surface area contributed by atoms with E-state index in [0.717, 1.165) is 18.6 Å². The van der Waals surface area contributed by atoms with E-state index in [0.29, 0.717) is 25.0 Å². The van der Waals surface area contributed by atoms with Gasteiger partial charge in [-0.25, -0.2) is 0 Å². The van der Waals surface area contributed by atoms with E-state index in [4.69, 9.17) is 10.5 Å². The molecule has 0 amide bonds. The van der Waals surface area contributed by atoms with Gasteiger partial charge in [-0.1, -0.05) is 6.07 Å². The van der Waals surface area contributed by atoms with Gasteiger partial charge in [0.15, 0.2) is 0 Å². The maximum absolute atomic E-state index is 12.4. The van der Waals surface area contributed by atoms with Crippen LogP contribution in [0.25, 0.3) is 0 Å². The molecule has 0 heterocycles. The number of benzene rings is 1. The van der Waals surface area contributed by atoms with Crippen LogP contribution in [0.1, 0.15) is 12.0 Å². The molecule has 0 aromatic heterocycles. The third-order valence-corrected chi connectivity index (χ3v) is 3.00. The van der Waals surface area contributed by atoms with Crippen LogP contribution in [0.2, 0.25) is 0 Å². The molecule has 0 saturated heterocycles. The van der Waals surface area contributed by atoms with E-state index in [1.165, 1.54) is 12.1 Å². The van der Waals surface area contributed by atoms with E-state index in [-0.39, 0.29) is 5.75 Å². The largest absolute Gasteiger partial charge is 0.493 e. The minimum absolute atomic E-state index is 0.266. The van der Waals surface area contributed by atoms with Gasteiger partial charge in [0.1, 0.15) is 5.75 Å². The highest BCUT2D eigenvalue weighted by molar-refractivity contribution is 5.30. The lowest BCUT2D eigenvalue weighted by Crippen LogP contribution is -2.08. The van der Waals surface area contributed by atoms with E-state index >= 15 is 0 Å². The second-order valence-electron chi connectivity index (χ2n) is 4.33. The number of ether oxygens (including phenoxy) is 1. The Bertz CT molecular complexity index is 392. The average molecular weight is 245 g/mol. The Morgan fingerprint density at radius 2 is 2.06 bits per heavy atom. The summed E-state index contributed by atoms with van der Waals surface area (Å²) in [6, 6.07) is 4.95. The van der Waals surface area contributed by atoms with Gasteiger partial charge in [-0.3, -0.25) is 0 Å². The minimum Gasteiger partial charge on any atom is -0.493 e. The Morgan fingerprint density at radius 3 is 2.65 bits per heavy atom. The Balaban J connectivity index is 1.93. The Morgan fingerprint density at radius 1 is 1.29 bits per heavy atom. The zero-order valence-corrected chi connectivity index (χ0v) is 9.20. The summed E-state index contributed by atoms with van der Waals surface area (Å²) in [4.78, 5) is 0. The van der Waals surface area contributed by atoms with Crippen molar-refractivity contribution < 1.29 is 17.9 Å². The summed E-state index contributed by atoms with van der Waals surface area (Å²) < 4.78 is 42.6. The standard InChI is InChI=1S/C12H14F3NO/c13-12(14,15)10-2-1-3-11(5-10)17-7-9-4-8(9)6-16/h1-3,5,8-9H,4,6-7,16H2. The normalized spacial score (nSPS) is 23.5. The van der Waals surface area contributed by atoms with Crippen LogP contribution in [0.15, 0.2) is 24.3 Å². The first-order chi connectivity index (χ1) is 8.00. The van der Waals surface area contributed by atoms with Gasteiger partial charge in [0.05, 0.1) is 12.2 Å². The molecule has 0 spiro atoms. The monoisotopic (exact) mass is 245 g/mol. The maximum atomic E-state index is 12.4. The van der Waals surface area contributed by atoms with Crippen molar-refractivity contribution in [3.8, 4) is 5.75 Å². The Labute approximate surface area is 97.6 Å². The van der Waals surface area contributed by atoms with Crippen LogP contribution in [0.5, 0.6) is 5.75 Å². The zero-order valence-electron chi connectivity index (χ0n) is 9.20. The number of alkyl halides is 3. The molecule has 17 heavy (non-hydrogen) atoms. The number of rotatable bonds is 4. The average Bonchev–Trinajstić information content (AvgIpc) is 3.04. The summed E-state index contributed by atoms with van der Waals surface area (Å²) in [7, 11) is 0. The first-order valence-electron chi connectivity index (χ1n) is 5.51. The molecule has 1 aromatic carbocycles. The molecule has 1 saturated carbocycles. The van der Waals surface area contributed by atoms with Crippen molar-refractivity contribution in [1.82, 2.24) is 0 Å². The van der Waals surface area contributed by atoms with Gasteiger partial charge in [-0.2, -0.15) is 13.2 Å². The van der Waals surface area contributed by atoms with Crippen molar-refractivity contribution in [2.45, 2.75) is 12.6 Å². The van der Waals surface area contributed by atoms with E-state index in [2.05, 4.69) is 0 Å². The fourth-order valence-electron chi connectivity index (χ4n) is 1.77. The topological polar surface area (TPSA) is 35.2 Å². The molecule has 0 aliphatic heterocycles. The summed E-state index contributed by atoms with van der Waals surface area (Å²) in [5.74, 6) is 1.14. The summed E-state index contributed by atoms with van der Waals surface area (Å²) in [6.45, 7) is 1.07. The number of hydrogen-bond acceptors (Lipinski definition) is 2. The molecule has 2 atom stereocenters. The molecule has 2 N–H and O–H groups in total. The highest BCUT2D eigenvalue weighted by Gasteiger charge is 2.36. The van der Waals surface area contributed by atoms with Crippen molar-refractivity contribution in [2.75, 3.05) is 13.2 Å². The van der Waals surface area contributed by atoms with E-state index in [1.807, 2.05) is 0 Å². The predicted octanol–water partition coefficient (Wildman–Crippen LogP) is 2.68. The lowest BCUT2D eigenvalue weighted by atomic mass is 10.2. The quantitative estimate of drug-likeness (QED) is 0.885. The van der Waals surface area contributed by atoms with Crippen LogP contribution in [0, 0.1) is 11.8 Å². The van der Waals surface area contributed by atoms with Gasteiger partial charge < -0.3 is 10.5 Å². The van der Waals surface area contributed by atoms with Crippen molar-refractivity contribution in [3.05, 3.63) is 29.8 Å². The lowest BCUT2D eigenvalue weighted by molar-refractivity contribution is -0.137. The number of hydrogen-bond donors (Lipinski definition) is 1. The summed E-state index contributed by atoms with van der Waals surface area (Å²) in [5, 5.41) is 0. The van der Waals surface area contributed by atoms with Crippen molar-refractivity contribution >= 4 is 0 Å². The predicted molar refractivity (Wildman–Crippen MR) is 57.6 cm³/mol. The molecule has 2 rings (SSSR count). The van der Waals surface area contributed by atoms with Crippen LogP contribution in [-0.4, -0.2) is 13.2 Å². The lowest BCUT2D eigenvalue weighted by Gasteiger charge is -2.10. The van der Waals surface area contributed by atoms with Gasteiger partial charge in [0, 0.05) is 0 Å². The fraction of sp³-hybridized carbons (Fsp3) is 0.500. The van der Waals surface area contributed by atoms with Gasteiger partial charge in [-0.15, -0.1) is 0 Å². The van der Waals surface area contributed by atoms with Gasteiger partial charge in [0.2, 0.25) is 0 Å².